The number of nitrogens with zero attached hydrogens (tertiary/aromatic N) is 2. The van der Waals surface area contributed by atoms with Crippen LogP contribution in [0.1, 0.15) is 12.8 Å². The summed E-state index contributed by atoms with van der Waals surface area (Å²) in [6.07, 6.45) is 4.26. The maximum atomic E-state index is 11.3. The number of hydrogen-bond acceptors (Lipinski definition) is 3. The van der Waals surface area contributed by atoms with Crippen LogP contribution in [0, 0.1) is 0 Å². The van der Waals surface area contributed by atoms with Crippen molar-refractivity contribution in [3.63, 3.8) is 0 Å². The molecule has 1 N–H and O–H groups in total. The molecule has 1 aromatic heterocycles. The normalized spacial score (nSPS) is 9.73. The Bertz CT molecular complexity index is 382. The number of allylic oxidation sites excluding steroid dienone is 1. The van der Waals surface area contributed by atoms with Gasteiger partial charge in [-0.15, -0.1) is 6.58 Å². The lowest BCUT2D eigenvalue weighted by atomic mass is 10.3. The summed E-state index contributed by atoms with van der Waals surface area (Å²) in [5.74, 6) is 0.319. The molecule has 0 spiro atoms. The van der Waals surface area contributed by atoms with Crippen LogP contribution >= 0.6 is 31.9 Å². The van der Waals surface area contributed by atoms with Gasteiger partial charge in [-0.05, 0) is 38.3 Å². The molecular formula is C9H9Br2N3O. The first-order valence-corrected chi connectivity index (χ1v) is 5.81. The number of nitrogens with one attached hydrogen (secondary N) is 1. The highest BCUT2D eigenvalue weighted by molar-refractivity contribution is 9.11. The molecule has 0 fully saturated rings. The fourth-order valence-corrected chi connectivity index (χ4v) is 1.77. The summed E-state index contributed by atoms with van der Waals surface area (Å²) in [6.45, 7) is 3.55. The van der Waals surface area contributed by atoms with Gasteiger partial charge in [-0.3, -0.25) is 4.79 Å². The van der Waals surface area contributed by atoms with Crippen LogP contribution in [0.3, 0.4) is 0 Å². The minimum atomic E-state index is -0.104. The highest BCUT2D eigenvalue weighted by Crippen LogP contribution is 2.19. The van der Waals surface area contributed by atoms with Crippen molar-refractivity contribution in [1.82, 2.24) is 9.97 Å². The molecule has 15 heavy (non-hydrogen) atoms. The van der Waals surface area contributed by atoms with E-state index in [-0.39, 0.29) is 5.91 Å². The van der Waals surface area contributed by atoms with Crippen molar-refractivity contribution in [2.45, 2.75) is 12.8 Å². The maximum absolute atomic E-state index is 11.3. The van der Waals surface area contributed by atoms with Gasteiger partial charge in [0.15, 0.2) is 5.82 Å². The van der Waals surface area contributed by atoms with Crippen LogP contribution in [0.2, 0.25) is 0 Å². The first-order valence-electron chi connectivity index (χ1n) is 4.22. The summed E-state index contributed by atoms with van der Waals surface area (Å²) in [7, 11) is 0. The topological polar surface area (TPSA) is 54.9 Å². The van der Waals surface area contributed by atoms with Crippen molar-refractivity contribution < 1.29 is 4.79 Å². The Morgan fingerprint density at radius 1 is 1.60 bits per heavy atom. The molecule has 1 heterocycles. The van der Waals surface area contributed by atoms with E-state index in [2.05, 4.69) is 53.7 Å². The first kappa shape index (κ1) is 12.3. The van der Waals surface area contributed by atoms with Gasteiger partial charge in [0, 0.05) is 6.42 Å². The van der Waals surface area contributed by atoms with E-state index in [0.717, 1.165) is 0 Å². The van der Waals surface area contributed by atoms with Crippen LogP contribution in [0.5, 0.6) is 0 Å². The molecule has 1 aromatic rings. The monoisotopic (exact) mass is 333 g/mol. The SMILES string of the molecule is C=CCCC(=O)Nc1ncc(Br)nc1Br. The maximum Gasteiger partial charge on any atom is 0.225 e. The minimum absolute atomic E-state index is 0.104. The number of carbonyl (C=O) groups excluding carboxylic acids is 1. The van der Waals surface area contributed by atoms with Crippen LogP contribution < -0.4 is 5.32 Å². The number of rotatable bonds is 4. The molecule has 0 radical (unpaired) electrons. The predicted octanol–water partition coefficient (Wildman–Crippen LogP) is 2.91. The molecule has 0 bridgehead atoms. The Morgan fingerprint density at radius 3 is 2.93 bits per heavy atom. The van der Waals surface area contributed by atoms with Crippen molar-refractivity contribution in [1.29, 1.82) is 0 Å². The number of carbonyl (C=O) groups is 1. The Hall–Kier alpha value is -0.750. The van der Waals surface area contributed by atoms with E-state index in [1.54, 1.807) is 6.08 Å². The van der Waals surface area contributed by atoms with E-state index in [9.17, 15) is 4.79 Å². The molecule has 0 saturated heterocycles. The quantitative estimate of drug-likeness (QED) is 0.861. The molecule has 4 nitrogen and oxygen atoms in total. The fraction of sp³-hybridized carbons (Fsp3) is 0.222. The molecule has 6 heteroatoms. The highest BCUT2D eigenvalue weighted by atomic mass is 79.9. The lowest BCUT2D eigenvalue weighted by molar-refractivity contribution is -0.116. The van der Waals surface area contributed by atoms with E-state index < -0.39 is 0 Å². The summed E-state index contributed by atoms with van der Waals surface area (Å²) in [5, 5.41) is 2.64. The zero-order valence-electron chi connectivity index (χ0n) is 7.83. The molecule has 0 unspecified atom stereocenters. The number of aromatic nitrogens is 2. The molecule has 0 aliphatic rings. The van der Waals surface area contributed by atoms with Gasteiger partial charge in [-0.2, -0.15) is 0 Å². The Labute approximate surface area is 104 Å². The van der Waals surface area contributed by atoms with Gasteiger partial charge in [-0.1, -0.05) is 6.08 Å². The Balaban J connectivity index is 2.64. The molecule has 1 amide bonds. The van der Waals surface area contributed by atoms with E-state index in [1.807, 2.05) is 0 Å². The smallest absolute Gasteiger partial charge is 0.225 e. The number of anilines is 1. The van der Waals surface area contributed by atoms with Crippen LogP contribution in [-0.4, -0.2) is 15.9 Å². The number of halogens is 2. The lowest BCUT2D eigenvalue weighted by Gasteiger charge is -2.04. The fourth-order valence-electron chi connectivity index (χ4n) is 0.858. The second-order valence-corrected chi connectivity index (χ2v) is 4.27. The molecule has 0 aliphatic carbocycles. The Morgan fingerprint density at radius 2 is 2.33 bits per heavy atom. The summed E-state index contributed by atoms with van der Waals surface area (Å²) in [4.78, 5) is 19.4. The van der Waals surface area contributed by atoms with Crippen molar-refractivity contribution in [2.24, 2.45) is 0 Å². The highest BCUT2D eigenvalue weighted by Gasteiger charge is 2.07. The Kier molecular flexibility index (Phi) is 4.90. The third-order valence-electron chi connectivity index (χ3n) is 1.53. The summed E-state index contributed by atoms with van der Waals surface area (Å²) < 4.78 is 1.11. The molecule has 80 valence electrons. The second kappa shape index (κ2) is 5.97. The average molecular weight is 335 g/mol. The molecule has 0 aliphatic heterocycles. The van der Waals surface area contributed by atoms with Crippen molar-refractivity contribution in [2.75, 3.05) is 5.32 Å². The summed E-state index contributed by atoms with van der Waals surface area (Å²) in [6, 6.07) is 0. The summed E-state index contributed by atoms with van der Waals surface area (Å²) >= 11 is 6.38. The van der Waals surface area contributed by atoms with Gasteiger partial charge >= 0.3 is 0 Å². The van der Waals surface area contributed by atoms with Crippen LogP contribution in [0.4, 0.5) is 5.82 Å². The van der Waals surface area contributed by atoms with Gasteiger partial charge < -0.3 is 5.32 Å². The van der Waals surface area contributed by atoms with E-state index in [4.69, 9.17) is 0 Å². The average Bonchev–Trinajstić information content (AvgIpc) is 2.19. The molecular weight excluding hydrogens is 326 g/mol. The van der Waals surface area contributed by atoms with Gasteiger partial charge in [0.1, 0.15) is 9.21 Å². The van der Waals surface area contributed by atoms with Gasteiger partial charge in [0.2, 0.25) is 5.91 Å². The van der Waals surface area contributed by atoms with Gasteiger partial charge in [-0.25, -0.2) is 9.97 Å². The number of amides is 1. The zero-order valence-corrected chi connectivity index (χ0v) is 11.0. The second-order valence-electron chi connectivity index (χ2n) is 2.71. The van der Waals surface area contributed by atoms with Crippen LogP contribution in [0.15, 0.2) is 28.1 Å². The molecule has 0 atom stereocenters. The van der Waals surface area contributed by atoms with E-state index >= 15 is 0 Å². The summed E-state index contributed by atoms with van der Waals surface area (Å²) in [5.41, 5.74) is 0. The molecule has 1 rings (SSSR count). The van der Waals surface area contributed by atoms with E-state index in [0.29, 0.717) is 27.9 Å². The minimum Gasteiger partial charge on any atom is -0.308 e. The zero-order chi connectivity index (χ0) is 11.3. The largest absolute Gasteiger partial charge is 0.308 e. The van der Waals surface area contributed by atoms with Crippen molar-refractivity contribution in [3.8, 4) is 0 Å². The first-order chi connectivity index (χ1) is 7.13. The van der Waals surface area contributed by atoms with E-state index in [1.165, 1.54) is 6.20 Å². The van der Waals surface area contributed by atoms with Crippen molar-refractivity contribution in [3.05, 3.63) is 28.1 Å². The molecule has 0 aromatic carbocycles. The standard InChI is InChI=1S/C9H9Br2N3O/c1-2-3-4-7(15)14-9-8(11)13-6(10)5-12-9/h2,5H,1,3-4H2,(H,12,14,15). The van der Waals surface area contributed by atoms with Gasteiger partial charge in [0.25, 0.3) is 0 Å². The molecule has 0 saturated carbocycles. The lowest BCUT2D eigenvalue weighted by Crippen LogP contribution is -2.12. The third kappa shape index (κ3) is 4.09. The number of hydrogen-bond donors (Lipinski definition) is 1. The van der Waals surface area contributed by atoms with Gasteiger partial charge in [0.05, 0.1) is 6.20 Å². The van der Waals surface area contributed by atoms with Crippen LogP contribution in [-0.2, 0) is 4.79 Å². The van der Waals surface area contributed by atoms with Crippen LogP contribution in [0.25, 0.3) is 0 Å². The predicted molar refractivity (Wildman–Crippen MR) is 65.5 cm³/mol. The third-order valence-corrected chi connectivity index (χ3v) is 2.47. The van der Waals surface area contributed by atoms with Crippen molar-refractivity contribution >= 4 is 43.6 Å².